The lowest BCUT2D eigenvalue weighted by Gasteiger charge is -2.50. The molecular formula is C28H35NO5. The number of aliphatic hydroxyl groups is 1. The molecule has 4 rings (SSSR count). The smallest absolute Gasteiger partial charge is 0.337 e. The van der Waals surface area contributed by atoms with Crippen LogP contribution in [0.3, 0.4) is 0 Å². The highest BCUT2D eigenvalue weighted by molar-refractivity contribution is 5.76. The Kier molecular flexibility index (Phi) is 6.74. The predicted octanol–water partition coefficient (Wildman–Crippen LogP) is 4.09. The lowest BCUT2D eigenvalue weighted by molar-refractivity contribution is -0.163. The van der Waals surface area contributed by atoms with Gasteiger partial charge in [-0.1, -0.05) is 50.3 Å². The Morgan fingerprint density at radius 3 is 2.38 bits per heavy atom. The van der Waals surface area contributed by atoms with Gasteiger partial charge in [0.15, 0.2) is 6.10 Å². The zero-order chi connectivity index (χ0) is 24.6. The van der Waals surface area contributed by atoms with E-state index in [1.54, 1.807) is 26.4 Å². The number of allylic oxidation sites excluding steroid dienone is 1. The molecule has 0 bridgehead atoms. The van der Waals surface area contributed by atoms with Gasteiger partial charge in [-0.05, 0) is 54.4 Å². The minimum Gasteiger partial charge on any atom is -0.496 e. The fourth-order valence-corrected chi connectivity index (χ4v) is 5.91. The molecule has 182 valence electrons. The number of methoxy groups -OCH3 is 2. The van der Waals surface area contributed by atoms with Crippen LogP contribution in [0.25, 0.3) is 0 Å². The number of hydrogen-bond acceptors (Lipinski definition) is 6. The van der Waals surface area contributed by atoms with Crippen LogP contribution in [-0.2, 0) is 21.4 Å². The van der Waals surface area contributed by atoms with Gasteiger partial charge in [-0.15, -0.1) is 0 Å². The van der Waals surface area contributed by atoms with Crippen molar-refractivity contribution in [3.05, 3.63) is 70.8 Å². The number of hydrogen-bond donors (Lipinski definition) is 2. The fourth-order valence-electron chi connectivity index (χ4n) is 5.91. The lowest BCUT2D eigenvalue weighted by atomic mass is 9.56. The molecule has 2 aliphatic carbocycles. The van der Waals surface area contributed by atoms with Gasteiger partial charge in [0.1, 0.15) is 17.6 Å². The summed E-state index contributed by atoms with van der Waals surface area (Å²) in [6.45, 7) is 6.43. The van der Waals surface area contributed by atoms with Crippen molar-refractivity contribution >= 4 is 5.97 Å². The highest BCUT2D eigenvalue weighted by atomic mass is 16.6. The van der Waals surface area contributed by atoms with Crippen molar-refractivity contribution in [2.45, 2.75) is 57.3 Å². The third-order valence-electron chi connectivity index (χ3n) is 7.74. The molecule has 5 atom stereocenters. The van der Waals surface area contributed by atoms with E-state index in [4.69, 9.17) is 19.9 Å². The lowest BCUT2D eigenvalue weighted by Crippen LogP contribution is -2.49. The maximum Gasteiger partial charge on any atom is 0.337 e. The van der Waals surface area contributed by atoms with Crippen LogP contribution in [0.5, 0.6) is 11.5 Å². The Hall–Kier alpha value is -2.83. The first-order valence-electron chi connectivity index (χ1n) is 11.8. The van der Waals surface area contributed by atoms with Crippen LogP contribution in [0.1, 0.15) is 49.9 Å². The molecule has 0 saturated carbocycles. The number of ether oxygens (including phenoxy) is 3. The van der Waals surface area contributed by atoms with E-state index < -0.39 is 24.2 Å². The topological polar surface area (TPSA) is 91.0 Å². The van der Waals surface area contributed by atoms with Crippen molar-refractivity contribution in [1.82, 2.24) is 0 Å². The fraction of sp³-hybridized carbons (Fsp3) is 0.464. The molecule has 0 aromatic heterocycles. The highest BCUT2D eigenvalue weighted by Crippen LogP contribution is 2.54. The second kappa shape index (κ2) is 9.43. The third kappa shape index (κ3) is 4.10. The van der Waals surface area contributed by atoms with Crippen LogP contribution >= 0.6 is 0 Å². The van der Waals surface area contributed by atoms with Crippen molar-refractivity contribution in [2.75, 3.05) is 14.2 Å². The molecule has 2 aliphatic rings. The molecule has 0 saturated heterocycles. The molecule has 34 heavy (non-hydrogen) atoms. The number of rotatable bonds is 6. The van der Waals surface area contributed by atoms with Crippen LogP contribution in [-0.4, -0.2) is 37.5 Å². The van der Waals surface area contributed by atoms with Gasteiger partial charge in [0, 0.05) is 17.0 Å². The molecule has 6 heteroatoms. The average molecular weight is 466 g/mol. The monoisotopic (exact) mass is 465 g/mol. The SMILES string of the molecule is COc1ccc(OC)c2c1CC1C(OC(=O)[C@H](O)[C@@H](N)c3ccccc3)C(C)=CC[C@H]1C2(C)C. The summed E-state index contributed by atoms with van der Waals surface area (Å²) in [6, 6.07) is 12.1. The summed E-state index contributed by atoms with van der Waals surface area (Å²) >= 11 is 0. The number of carbonyl (C=O) groups is 1. The highest BCUT2D eigenvalue weighted by Gasteiger charge is 2.50. The van der Waals surface area contributed by atoms with Crippen LogP contribution < -0.4 is 15.2 Å². The quantitative estimate of drug-likeness (QED) is 0.493. The Labute approximate surface area is 201 Å². The van der Waals surface area contributed by atoms with Gasteiger partial charge in [-0.3, -0.25) is 0 Å². The van der Waals surface area contributed by atoms with E-state index in [1.807, 2.05) is 37.3 Å². The molecule has 3 N–H and O–H groups in total. The molecule has 2 aromatic rings. The number of carbonyl (C=O) groups excluding carboxylic acids is 1. The van der Waals surface area contributed by atoms with Crippen LogP contribution in [0, 0.1) is 11.8 Å². The van der Waals surface area contributed by atoms with Crippen molar-refractivity contribution in [1.29, 1.82) is 0 Å². The number of benzene rings is 2. The summed E-state index contributed by atoms with van der Waals surface area (Å²) in [5.74, 6) is 1.23. The molecule has 2 aromatic carbocycles. The van der Waals surface area contributed by atoms with Gasteiger partial charge >= 0.3 is 5.97 Å². The van der Waals surface area contributed by atoms with E-state index >= 15 is 0 Å². The molecule has 0 radical (unpaired) electrons. The van der Waals surface area contributed by atoms with E-state index in [0.29, 0.717) is 12.0 Å². The Bertz CT molecular complexity index is 1080. The minimum absolute atomic E-state index is 0.0394. The zero-order valence-corrected chi connectivity index (χ0v) is 20.6. The minimum atomic E-state index is -1.45. The molecule has 6 nitrogen and oxygen atoms in total. The molecule has 0 fully saturated rings. The first-order chi connectivity index (χ1) is 16.2. The standard InChI is InChI=1S/C28H35NO5/c1-16-11-12-20-18(15-19-21(32-4)13-14-22(33-5)23(19)28(20,2)3)26(16)34-27(31)25(30)24(29)17-9-7-6-8-10-17/h6-11,13-14,18,20,24-26,30H,12,15,29H2,1-5H3/t18?,20-,24+,25-,26?/m1/s1. The van der Waals surface area contributed by atoms with Crippen molar-refractivity contribution < 1.29 is 24.1 Å². The summed E-state index contributed by atoms with van der Waals surface area (Å²) < 4.78 is 17.5. The molecule has 0 aliphatic heterocycles. The van der Waals surface area contributed by atoms with Gasteiger partial charge < -0.3 is 25.1 Å². The number of nitrogens with two attached hydrogens (primary N) is 1. The summed E-state index contributed by atoms with van der Waals surface area (Å²) in [4.78, 5) is 13.1. The molecule has 2 unspecified atom stereocenters. The molecular weight excluding hydrogens is 430 g/mol. The largest absolute Gasteiger partial charge is 0.496 e. The van der Waals surface area contributed by atoms with Gasteiger partial charge in [0.2, 0.25) is 0 Å². The number of aliphatic hydroxyl groups excluding tert-OH is 1. The second-order valence-electron chi connectivity index (χ2n) is 9.94. The van der Waals surface area contributed by atoms with E-state index in [1.165, 1.54) is 0 Å². The van der Waals surface area contributed by atoms with Gasteiger partial charge in [0.05, 0.1) is 20.3 Å². The summed E-state index contributed by atoms with van der Waals surface area (Å²) in [7, 11) is 3.36. The van der Waals surface area contributed by atoms with Crippen molar-refractivity contribution in [3.8, 4) is 11.5 Å². The van der Waals surface area contributed by atoms with E-state index in [-0.39, 0.29) is 17.3 Å². The summed E-state index contributed by atoms with van der Waals surface area (Å²) in [5.41, 5.74) is 9.88. The van der Waals surface area contributed by atoms with Gasteiger partial charge in [-0.2, -0.15) is 0 Å². The first kappa shape index (κ1) is 24.3. The average Bonchev–Trinajstić information content (AvgIpc) is 2.84. The first-order valence-corrected chi connectivity index (χ1v) is 11.8. The molecule has 0 amide bonds. The maximum atomic E-state index is 13.1. The van der Waals surface area contributed by atoms with Crippen LogP contribution in [0.15, 0.2) is 54.1 Å². The summed E-state index contributed by atoms with van der Waals surface area (Å²) in [5, 5.41) is 10.7. The van der Waals surface area contributed by atoms with Gasteiger partial charge in [-0.25, -0.2) is 4.79 Å². The normalized spacial score (nSPS) is 24.7. The Morgan fingerprint density at radius 1 is 1.09 bits per heavy atom. The van der Waals surface area contributed by atoms with Crippen LogP contribution in [0.4, 0.5) is 0 Å². The molecule has 0 heterocycles. The summed E-state index contributed by atoms with van der Waals surface area (Å²) in [6.07, 6.45) is 1.82. The number of fused-ring (bicyclic) bond motifs is 2. The Balaban J connectivity index is 1.65. The van der Waals surface area contributed by atoms with Crippen LogP contribution in [0.2, 0.25) is 0 Å². The van der Waals surface area contributed by atoms with Crippen molar-refractivity contribution in [3.63, 3.8) is 0 Å². The molecule has 0 spiro atoms. The van der Waals surface area contributed by atoms with E-state index in [9.17, 15) is 9.90 Å². The van der Waals surface area contributed by atoms with E-state index in [0.717, 1.165) is 34.6 Å². The predicted molar refractivity (Wildman–Crippen MR) is 131 cm³/mol. The van der Waals surface area contributed by atoms with E-state index in [2.05, 4.69) is 19.9 Å². The number of esters is 1. The Morgan fingerprint density at radius 2 is 1.74 bits per heavy atom. The van der Waals surface area contributed by atoms with Gasteiger partial charge in [0.25, 0.3) is 0 Å². The maximum absolute atomic E-state index is 13.1. The third-order valence-corrected chi connectivity index (χ3v) is 7.74. The zero-order valence-electron chi connectivity index (χ0n) is 20.6. The second-order valence-corrected chi connectivity index (χ2v) is 9.94. The van der Waals surface area contributed by atoms with Crippen molar-refractivity contribution in [2.24, 2.45) is 17.6 Å².